The first kappa shape index (κ1) is 18.7. The maximum atomic E-state index is 12.1. The van der Waals surface area contributed by atoms with Gasteiger partial charge in [0.25, 0.3) is 0 Å². The van der Waals surface area contributed by atoms with Crippen LogP contribution in [0.5, 0.6) is 5.88 Å². The third-order valence-corrected chi connectivity index (χ3v) is 4.68. The summed E-state index contributed by atoms with van der Waals surface area (Å²) in [6.07, 6.45) is 8.61. The van der Waals surface area contributed by atoms with Crippen LogP contribution in [0.2, 0.25) is 0 Å². The zero-order chi connectivity index (χ0) is 18.6. The van der Waals surface area contributed by atoms with Crippen LogP contribution in [0.1, 0.15) is 52.9 Å². The van der Waals surface area contributed by atoms with E-state index in [4.69, 9.17) is 9.47 Å². The summed E-state index contributed by atoms with van der Waals surface area (Å²) in [5.41, 5.74) is -0.462. The number of rotatable bonds is 3. The van der Waals surface area contributed by atoms with Crippen LogP contribution in [0.25, 0.3) is 0 Å². The van der Waals surface area contributed by atoms with E-state index in [2.05, 4.69) is 14.9 Å². The van der Waals surface area contributed by atoms with Crippen molar-refractivity contribution in [3.63, 3.8) is 0 Å². The van der Waals surface area contributed by atoms with Crippen molar-refractivity contribution in [2.75, 3.05) is 31.1 Å². The molecule has 3 rings (SSSR count). The molecule has 1 amide bonds. The molecule has 0 radical (unpaired) electrons. The van der Waals surface area contributed by atoms with E-state index in [1.165, 1.54) is 19.3 Å². The van der Waals surface area contributed by atoms with Gasteiger partial charge < -0.3 is 19.3 Å². The molecule has 1 aromatic heterocycles. The number of carbonyl (C=O) groups excluding carboxylic acids is 1. The van der Waals surface area contributed by atoms with E-state index in [9.17, 15) is 4.79 Å². The molecule has 0 N–H and O–H groups in total. The Hall–Kier alpha value is -2.05. The Labute approximate surface area is 155 Å². The summed E-state index contributed by atoms with van der Waals surface area (Å²) >= 11 is 0. The molecule has 0 atom stereocenters. The summed E-state index contributed by atoms with van der Waals surface area (Å²) in [4.78, 5) is 25.1. The van der Waals surface area contributed by atoms with E-state index in [1.54, 1.807) is 17.3 Å². The van der Waals surface area contributed by atoms with Gasteiger partial charge in [-0.1, -0.05) is 0 Å². The summed E-state index contributed by atoms with van der Waals surface area (Å²) in [6, 6.07) is 0. The van der Waals surface area contributed by atoms with E-state index >= 15 is 0 Å². The zero-order valence-electron chi connectivity index (χ0n) is 16.1. The molecule has 0 aromatic carbocycles. The fraction of sp³-hybridized carbons (Fsp3) is 0.737. The van der Waals surface area contributed by atoms with Crippen LogP contribution < -0.4 is 9.64 Å². The quantitative estimate of drug-likeness (QED) is 0.822. The van der Waals surface area contributed by atoms with Crippen LogP contribution >= 0.6 is 0 Å². The average molecular weight is 362 g/mol. The van der Waals surface area contributed by atoms with Gasteiger partial charge in [-0.05, 0) is 40.0 Å². The maximum Gasteiger partial charge on any atom is 0.410 e. The molecule has 0 spiro atoms. The molecule has 2 aliphatic heterocycles. The Morgan fingerprint density at radius 1 is 1.04 bits per heavy atom. The highest BCUT2D eigenvalue weighted by Crippen LogP contribution is 2.21. The lowest BCUT2D eigenvalue weighted by atomic mass is 10.1. The number of hydrogen-bond donors (Lipinski definition) is 0. The van der Waals surface area contributed by atoms with Gasteiger partial charge >= 0.3 is 6.09 Å². The third-order valence-electron chi connectivity index (χ3n) is 4.68. The highest BCUT2D eigenvalue weighted by Gasteiger charge is 2.27. The predicted octanol–water partition coefficient (Wildman–Crippen LogP) is 3.25. The third kappa shape index (κ3) is 5.22. The first-order valence-corrected chi connectivity index (χ1v) is 9.62. The van der Waals surface area contributed by atoms with E-state index < -0.39 is 5.60 Å². The second-order valence-electron chi connectivity index (χ2n) is 8.05. The van der Waals surface area contributed by atoms with Crippen molar-refractivity contribution >= 4 is 11.9 Å². The zero-order valence-corrected chi connectivity index (χ0v) is 16.1. The van der Waals surface area contributed by atoms with E-state index in [0.29, 0.717) is 19.0 Å². The molecule has 0 aliphatic carbocycles. The summed E-state index contributed by atoms with van der Waals surface area (Å²) in [7, 11) is 0. The predicted molar refractivity (Wildman–Crippen MR) is 99.6 cm³/mol. The molecule has 0 saturated carbocycles. The molecule has 26 heavy (non-hydrogen) atoms. The summed E-state index contributed by atoms with van der Waals surface area (Å²) < 4.78 is 11.4. The van der Waals surface area contributed by atoms with Gasteiger partial charge in [-0.2, -0.15) is 0 Å². The minimum absolute atomic E-state index is 0.0591. The van der Waals surface area contributed by atoms with Gasteiger partial charge in [0.1, 0.15) is 17.5 Å². The Bertz CT molecular complexity index is 586. The van der Waals surface area contributed by atoms with Gasteiger partial charge in [-0.15, -0.1) is 0 Å². The monoisotopic (exact) mass is 362 g/mol. The molecular weight excluding hydrogens is 332 g/mol. The number of piperidine rings is 2. The summed E-state index contributed by atoms with van der Waals surface area (Å²) in [6.45, 7) is 9.03. The number of amides is 1. The average Bonchev–Trinajstić information content (AvgIpc) is 2.62. The van der Waals surface area contributed by atoms with Crippen LogP contribution in [-0.2, 0) is 4.74 Å². The molecule has 1 aromatic rings. The van der Waals surface area contributed by atoms with Gasteiger partial charge in [-0.25, -0.2) is 14.8 Å². The van der Waals surface area contributed by atoms with Crippen LogP contribution in [0.3, 0.4) is 0 Å². The Morgan fingerprint density at radius 3 is 2.31 bits per heavy atom. The van der Waals surface area contributed by atoms with Gasteiger partial charge in [0.05, 0.1) is 12.4 Å². The van der Waals surface area contributed by atoms with Gasteiger partial charge in [0.2, 0.25) is 5.88 Å². The Balaban J connectivity index is 1.46. The molecule has 7 nitrogen and oxygen atoms in total. The second kappa shape index (κ2) is 8.10. The molecule has 2 fully saturated rings. The first-order valence-electron chi connectivity index (χ1n) is 9.62. The number of ether oxygens (including phenoxy) is 2. The summed E-state index contributed by atoms with van der Waals surface area (Å²) in [5.74, 6) is 1.48. The van der Waals surface area contributed by atoms with Crippen LogP contribution in [0, 0.1) is 0 Å². The number of hydrogen-bond acceptors (Lipinski definition) is 6. The molecule has 2 aliphatic rings. The standard InChI is InChI=1S/C19H30N4O3/c1-19(2,3)26-18(24)23-11-7-15(8-12-23)25-17-14-20-16(13-21-17)22-9-5-4-6-10-22/h13-15H,4-12H2,1-3H3. The Morgan fingerprint density at radius 2 is 1.73 bits per heavy atom. The molecular formula is C19H30N4O3. The van der Waals surface area contributed by atoms with Crippen LogP contribution in [-0.4, -0.2) is 58.8 Å². The Kier molecular flexibility index (Phi) is 5.84. The topological polar surface area (TPSA) is 67.8 Å². The number of nitrogens with zero attached hydrogens (tertiary/aromatic N) is 4. The van der Waals surface area contributed by atoms with Crippen molar-refractivity contribution in [2.24, 2.45) is 0 Å². The van der Waals surface area contributed by atoms with Crippen LogP contribution in [0.4, 0.5) is 10.6 Å². The minimum Gasteiger partial charge on any atom is -0.473 e. The number of likely N-dealkylation sites (tertiary alicyclic amines) is 1. The van der Waals surface area contributed by atoms with Gasteiger partial charge in [0.15, 0.2) is 0 Å². The summed E-state index contributed by atoms with van der Waals surface area (Å²) in [5, 5.41) is 0. The number of anilines is 1. The fourth-order valence-electron chi connectivity index (χ4n) is 3.31. The van der Waals surface area contributed by atoms with Crippen molar-refractivity contribution in [3.05, 3.63) is 12.4 Å². The van der Waals surface area contributed by atoms with E-state index in [0.717, 1.165) is 31.7 Å². The maximum absolute atomic E-state index is 12.1. The van der Waals surface area contributed by atoms with Crippen molar-refractivity contribution in [3.8, 4) is 5.88 Å². The molecule has 0 unspecified atom stereocenters. The molecule has 3 heterocycles. The normalized spacial score (nSPS) is 19.3. The van der Waals surface area contributed by atoms with Crippen LogP contribution in [0.15, 0.2) is 12.4 Å². The lowest BCUT2D eigenvalue weighted by molar-refractivity contribution is 0.0122. The SMILES string of the molecule is CC(C)(C)OC(=O)N1CCC(Oc2cnc(N3CCCCC3)cn2)CC1. The highest BCUT2D eigenvalue weighted by molar-refractivity contribution is 5.68. The number of aromatic nitrogens is 2. The van der Waals surface area contributed by atoms with Crippen molar-refractivity contribution in [1.82, 2.24) is 14.9 Å². The molecule has 7 heteroatoms. The first-order chi connectivity index (χ1) is 12.4. The fourth-order valence-corrected chi connectivity index (χ4v) is 3.31. The van der Waals surface area contributed by atoms with E-state index in [1.807, 2.05) is 20.8 Å². The lowest BCUT2D eigenvalue weighted by Crippen LogP contribution is -2.44. The molecule has 2 saturated heterocycles. The van der Waals surface area contributed by atoms with Gasteiger partial charge in [0, 0.05) is 39.0 Å². The lowest BCUT2D eigenvalue weighted by Gasteiger charge is -2.33. The van der Waals surface area contributed by atoms with Gasteiger partial charge in [-0.3, -0.25) is 0 Å². The molecule has 0 bridgehead atoms. The van der Waals surface area contributed by atoms with Crippen molar-refractivity contribution < 1.29 is 14.3 Å². The minimum atomic E-state index is -0.462. The smallest absolute Gasteiger partial charge is 0.410 e. The highest BCUT2D eigenvalue weighted by atomic mass is 16.6. The second-order valence-corrected chi connectivity index (χ2v) is 8.05. The van der Waals surface area contributed by atoms with E-state index in [-0.39, 0.29) is 12.2 Å². The van der Waals surface area contributed by atoms with Crippen molar-refractivity contribution in [2.45, 2.75) is 64.6 Å². The van der Waals surface area contributed by atoms with Crippen molar-refractivity contribution in [1.29, 1.82) is 0 Å². The molecule has 144 valence electrons. The largest absolute Gasteiger partial charge is 0.473 e. The number of carbonyl (C=O) groups is 1.